The second kappa shape index (κ2) is 7.94. The van der Waals surface area contributed by atoms with Crippen molar-refractivity contribution in [1.29, 1.82) is 0 Å². The van der Waals surface area contributed by atoms with E-state index in [1.807, 2.05) is 0 Å². The molecule has 9 heteroatoms. The number of carboxylic acid groups (broad SMARTS) is 1. The molecule has 1 aromatic rings. The lowest BCUT2D eigenvalue weighted by Gasteiger charge is -2.39. The van der Waals surface area contributed by atoms with Crippen molar-refractivity contribution < 1.29 is 37.3 Å². The second-order valence-corrected chi connectivity index (χ2v) is 6.31. The molecule has 0 radical (unpaired) electrons. The predicted octanol–water partition coefficient (Wildman–Crippen LogP) is 2.47. The van der Waals surface area contributed by atoms with E-state index in [0.29, 0.717) is 24.9 Å². The van der Waals surface area contributed by atoms with Gasteiger partial charge in [0.25, 0.3) is 0 Å². The fourth-order valence-corrected chi connectivity index (χ4v) is 3.07. The third-order valence-electron chi connectivity index (χ3n) is 4.32. The number of halogens is 3. The van der Waals surface area contributed by atoms with E-state index in [0.717, 1.165) is 12.1 Å². The molecule has 0 aliphatic carbocycles. The molecule has 26 heavy (non-hydrogen) atoms. The number of carbonyl (C=O) groups excluding carboxylic acids is 1. The highest BCUT2D eigenvalue weighted by Gasteiger charge is 2.43. The highest BCUT2D eigenvalue weighted by Crippen LogP contribution is 2.31. The van der Waals surface area contributed by atoms with Crippen molar-refractivity contribution in [3.05, 3.63) is 29.8 Å². The van der Waals surface area contributed by atoms with E-state index in [-0.39, 0.29) is 31.2 Å². The number of amides is 1. The lowest BCUT2D eigenvalue weighted by atomic mass is 9.80. The third kappa shape index (κ3) is 5.10. The SMILES string of the molecule is COCC1(C(=O)O)CCCN(C(=O)Cc2ccc(OC(F)(F)F)cc2)C1. The maximum absolute atomic E-state index is 12.5. The summed E-state index contributed by atoms with van der Waals surface area (Å²) in [5.41, 5.74) is -0.615. The van der Waals surface area contributed by atoms with Gasteiger partial charge < -0.3 is 19.5 Å². The van der Waals surface area contributed by atoms with Gasteiger partial charge in [0, 0.05) is 20.2 Å². The number of piperidine rings is 1. The lowest BCUT2D eigenvalue weighted by Crippen LogP contribution is -2.52. The summed E-state index contributed by atoms with van der Waals surface area (Å²) in [6, 6.07) is 5.03. The zero-order valence-corrected chi connectivity index (χ0v) is 14.2. The van der Waals surface area contributed by atoms with E-state index >= 15 is 0 Å². The van der Waals surface area contributed by atoms with Gasteiger partial charge in [-0.1, -0.05) is 12.1 Å². The van der Waals surface area contributed by atoms with Crippen molar-refractivity contribution in [3.63, 3.8) is 0 Å². The quantitative estimate of drug-likeness (QED) is 0.827. The summed E-state index contributed by atoms with van der Waals surface area (Å²) in [5.74, 6) is -1.65. The van der Waals surface area contributed by atoms with Crippen LogP contribution in [0, 0.1) is 5.41 Å². The molecule has 1 aromatic carbocycles. The van der Waals surface area contributed by atoms with Crippen LogP contribution < -0.4 is 4.74 Å². The molecule has 1 amide bonds. The number of aliphatic carboxylic acids is 1. The van der Waals surface area contributed by atoms with Gasteiger partial charge in [0.05, 0.1) is 13.0 Å². The molecule has 0 aromatic heterocycles. The summed E-state index contributed by atoms with van der Waals surface area (Å²) in [6.45, 7) is 0.493. The summed E-state index contributed by atoms with van der Waals surface area (Å²) in [4.78, 5) is 25.6. The van der Waals surface area contributed by atoms with Crippen molar-refractivity contribution >= 4 is 11.9 Å². The van der Waals surface area contributed by atoms with Gasteiger partial charge in [-0.05, 0) is 30.5 Å². The monoisotopic (exact) mass is 375 g/mol. The van der Waals surface area contributed by atoms with Crippen LogP contribution in [0.1, 0.15) is 18.4 Å². The van der Waals surface area contributed by atoms with Gasteiger partial charge in [0.1, 0.15) is 11.2 Å². The van der Waals surface area contributed by atoms with Crippen LogP contribution in [-0.4, -0.2) is 55.1 Å². The molecule has 0 bridgehead atoms. The third-order valence-corrected chi connectivity index (χ3v) is 4.32. The second-order valence-electron chi connectivity index (χ2n) is 6.31. The molecule has 1 fully saturated rings. The minimum Gasteiger partial charge on any atom is -0.481 e. The average molecular weight is 375 g/mol. The molecule has 0 saturated carbocycles. The van der Waals surface area contributed by atoms with Crippen molar-refractivity contribution in [3.8, 4) is 5.75 Å². The fourth-order valence-electron chi connectivity index (χ4n) is 3.07. The number of ether oxygens (including phenoxy) is 2. The topological polar surface area (TPSA) is 76.1 Å². The normalized spacial score (nSPS) is 20.7. The van der Waals surface area contributed by atoms with Gasteiger partial charge in [-0.3, -0.25) is 9.59 Å². The van der Waals surface area contributed by atoms with E-state index < -0.39 is 17.7 Å². The Labute approximate surface area is 148 Å². The molecular weight excluding hydrogens is 355 g/mol. The maximum atomic E-state index is 12.5. The van der Waals surface area contributed by atoms with Gasteiger partial charge in [0.2, 0.25) is 5.91 Å². The number of nitrogens with zero attached hydrogens (tertiary/aromatic N) is 1. The van der Waals surface area contributed by atoms with Crippen LogP contribution >= 0.6 is 0 Å². The minimum atomic E-state index is -4.77. The summed E-state index contributed by atoms with van der Waals surface area (Å²) >= 11 is 0. The molecule has 1 aliphatic rings. The number of benzene rings is 1. The molecule has 1 saturated heterocycles. The minimum absolute atomic E-state index is 0.00952. The molecule has 1 aliphatic heterocycles. The Morgan fingerprint density at radius 2 is 1.92 bits per heavy atom. The van der Waals surface area contributed by atoms with Crippen LogP contribution in [0.25, 0.3) is 0 Å². The molecule has 1 unspecified atom stereocenters. The molecule has 2 rings (SSSR count). The summed E-state index contributed by atoms with van der Waals surface area (Å²) < 4.78 is 45.3. The molecule has 0 spiro atoms. The standard InChI is InChI=1S/C17H20F3NO5/c1-25-11-16(15(23)24)7-2-8-21(10-16)14(22)9-12-3-5-13(6-4-12)26-17(18,19)20/h3-6H,2,7-11H2,1H3,(H,23,24). The molecule has 144 valence electrons. The Balaban J connectivity index is 2.01. The predicted molar refractivity (Wildman–Crippen MR) is 84.6 cm³/mol. The van der Waals surface area contributed by atoms with E-state index in [9.17, 15) is 27.9 Å². The maximum Gasteiger partial charge on any atom is 0.573 e. The van der Waals surface area contributed by atoms with E-state index in [2.05, 4.69) is 4.74 Å². The molecule has 6 nitrogen and oxygen atoms in total. The van der Waals surface area contributed by atoms with E-state index in [1.54, 1.807) is 0 Å². The number of carbonyl (C=O) groups is 2. The van der Waals surface area contributed by atoms with Crippen LogP contribution in [-0.2, 0) is 20.7 Å². The Hall–Kier alpha value is -2.29. The number of carboxylic acids is 1. The largest absolute Gasteiger partial charge is 0.573 e. The summed E-state index contributed by atoms with van der Waals surface area (Å²) in [6.07, 6.45) is -3.84. The Bertz CT molecular complexity index is 643. The van der Waals surface area contributed by atoms with E-state index in [4.69, 9.17) is 4.74 Å². The molecule has 1 N–H and O–H groups in total. The molecule has 1 atom stereocenters. The van der Waals surface area contributed by atoms with Crippen molar-refractivity contribution in [1.82, 2.24) is 4.90 Å². The first-order valence-electron chi connectivity index (χ1n) is 8.00. The van der Waals surface area contributed by atoms with Gasteiger partial charge in [0.15, 0.2) is 0 Å². The van der Waals surface area contributed by atoms with Crippen LogP contribution in [0.5, 0.6) is 5.75 Å². The number of alkyl halides is 3. The zero-order valence-electron chi connectivity index (χ0n) is 14.2. The first-order valence-corrected chi connectivity index (χ1v) is 8.00. The van der Waals surface area contributed by atoms with Crippen LogP contribution in [0.3, 0.4) is 0 Å². The Morgan fingerprint density at radius 1 is 1.27 bits per heavy atom. The average Bonchev–Trinajstić information content (AvgIpc) is 2.55. The molecular formula is C17H20F3NO5. The zero-order chi connectivity index (χ0) is 19.4. The van der Waals surface area contributed by atoms with Gasteiger partial charge in [-0.2, -0.15) is 0 Å². The molecule has 1 heterocycles. The van der Waals surface area contributed by atoms with Crippen molar-refractivity contribution in [2.45, 2.75) is 25.6 Å². The van der Waals surface area contributed by atoms with Gasteiger partial charge >= 0.3 is 12.3 Å². The lowest BCUT2D eigenvalue weighted by molar-refractivity contribution is -0.274. The first kappa shape index (κ1) is 20.0. The Morgan fingerprint density at radius 3 is 2.46 bits per heavy atom. The fraction of sp³-hybridized carbons (Fsp3) is 0.529. The first-order chi connectivity index (χ1) is 12.1. The van der Waals surface area contributed by atoms with Crippen molar-refractivity contribution in [2.24, 2.45) is 5.41 Å². The smallest absolute Gasteiger partial charge is 0.481 e. The van der Waals surface area contributed by atoms with Crippen LogP contribution in [0.15, 0.2) is 24.3 Å². The van der Waals surface area contributed by atoms with Crippen molar-refractivity contribution in [2.75, 3.05) is 26.8 Å². The summed E-state index contributed by atoms with van der Waals surface area (Å²) in [7, 11) is 1.41. The number of methoxy groups -OCH3 is 1. The summed E-state index contributed by atoms with van der Waals surface area (Å²) in [5, 5.41) is 9.51. The number of likely N-dealkylation sites (tertiary alicyclic amines) is 1. The highest BCUT2D eigenvalue weighted by atomic mass is 19.4. The Kier molecular flexibility index (Phi) is 6.12. The van der Waals surface area contributed by atoms with Crippen LogP contribution in [0.2, 0.25) is 0 Å². The van der Waals surface area contributed by atoms with Crippen LogP contribution in [0.4, 0.5) is 13.2 Å². The number of rotatable bonds is 6. The van der Waals surface area contributed by atoms with E-state index in [1.165, 1.54) is 24.1 Å². The van der Waals surface area contributed by atoms with Gasteiger partial charge in [-0.15, -0.1) is 13.2 Å². The van der Waals surface area contributed by atoms with Gasteiger partial charge in [-0.25, -0.2) is 0 Å². The highest BCUT2D eigenvalue weighted by molar-refractivity contribution is 5.81. The number of hydrogen-bond donors (Lipinski definition) is 1. The number of hydrogen-bond acceptors (Lipinski definition) is 4.